The van der Waals surface area contributed by atoms with Crippen molar-refractivity contribution in [2.24, 2.45) is 0 Å². The Morgan fingerprint density at radius 2 is 1.32 bits per heavy atom. The lowest BCUT2D eigenvalue weighted by atomic mass is 10.1. The summed E-state index contributed by atoms with van der Waals surface area (Å²) in [6, 6.07) is 29.7. The number of para-hydroxylation sites is 1. The Labute approximate surface area is 240 Å². The summed E-state index contributed by atoms with van der Waals surface area (Å²) in [6.45, 7) is 5.03. The van der Waals surface area contributed by atoms with Gasteiger partial charge in [-0.1, -0.05) is 77.9 Å². The molecular formula is C35H34FN3O2. The number of aryl methyl sites for hydroxylation is 2. The van der Waals surface area contributed by atoms with Crippen LogP contribution in [0.3, 0.4) is 0 Å². The minimum atomic E-state index is -0.345. The molecule has 1 aromatic heterocycles. The molecule has 0 bridgehead atoms. The summed E-state index contributed by atoms with van der Waals surface area (Å²) in [4.78, 5) is 34.3. The van der Waals surface area contributed by atoms with Gasteiger partial charge in [0, 0.05) is 42.3 Å². The van der Waals surface area contributed by atoms with Gasteiger partial charge < -0.3 is 14.8 Å². The van der Waals surface area contributed by atoms with Crippen molar-refractivity contribution in [2.45, 2.75) is 33.4 Å². The molecule has 0 saturated carbocycles. The number of H-pyrrole nitrogens is 1. The lowest BCUT2D eigenvalue weighted by Gasteiger charge is -2.28. The molecule has 4 aromatic carbocycles. The van der Waals surface area contributed by atoms with E-state index in [2.05, 4.69) is 11.1 Å². The number of hydrogen-bond donors (Lipinski definition) is 1. The van der Waals surface area contributed by atoms with Crippen molar-refractivity contribution in [1.82, 2.24) is 14.8 Å². The molecule has 6 heteroatoms. The highest BCUT2D eigenvalue weighted by atomic mass is 19.1. The van der Waals surface area contributed by atoms with Crippen molar-refractivity contribution in [2.75, 3.05) is 13.1 Å². The molecule has 1 N–H and O–H groups in total. The zero-order chi connectivity index (χ0) is 28.8. The number of aromatic nitrogens is 1. The van der Waals surface area contributed by atoms with Gasteiger partial charge in [-0.3, -0.25) is 9.59 Å². The zero-order valence-corrected chi connectivity index (χ0v) is 23.4. The second kappa shape index (κ2) is 12.6. The molecule has 41 heavy (non-hydrogen) atoms. The number of rotatable bonds is 10. The Hall–Kier alpha value is -4.71. The van der Waals surface area contributed by atoms with Crippen LogP contribution in [0.4, 0.5) is 4.39 Å². The molecule has 5 aromatic rings. The Bertz CT molecular complexity index is 1620. The first-order valence-electron chi connectivity index (χ1n) is 13.8. The lowest BCUT2D eigenvalue weighted by molar-refractivity contribution is -0.132. The Kier molecular flexibility index (Phi) is 8.59. The van der Waals surface area contributed by atoms with E-state index in [4.69, 9.17) is 0 Å². The van der Waals surface area contributed by atoms with Crippen LogP contribution in [-0.2, 0) is 24.3 Å². The number of carbonyl (C=O) groups excluding carboxylic acids is 2. The first-order valence-corrected chi connectivity index (χ1v) is 13.8. The molecule has 0 aliphatic carbocycles. The molecule has 1 heterocycles. The van der Waals surface area contributed by atoms with Gasteiger partial charge in [-0.15, -0.1) is 0 Å². The average Bonchev–Trinajstić information content (AvgIpc) is 3.40. The number of carbonyl (C=O) groups is 2. The van der Waals surface area contributed by atoms with E-state index in [9.17, 15) is 14.0 Å². The van der Waals surface area contributed by atoms with Crippen LogP contribution < -0.4 is 0 Å². The predicted molar refractivity (Wildman–Crippen MR) is 161 cm³/mol. The van der Waals surface area contributed by atoms with Crippen molar-refractivity contribution < 1.29 is 14.0 Å². The fourth-order valence-corrected chi connectivity index (χ4v) is 4.95. The number of halogens is 1. The maximum absolute atomic E-state index is 13.9. The third kappa shape index (κ3) is 7.09. The van der Waals surface area contributed by atoms with Crippen molar-refractivity contribution in [1.29, 1.82) is 0 Å². The molecule has 208 valence electrons. The largest absolute Gasteiger partial charge is 0.361 e. The van der Waals surface area contributed by atoms with E-state index >= 15 is 0 Å². The van der Waals surface area contributed by atoms with Crippen molar-refractivity contribution >= 4 is 22.7 Å². The van der Waals surface area contributed by atoms with Crippen LogP contribution in [0.25, 0.3) is 10.9 Å². The fraction of sp³-hybridized carbons (Fsp3) is 0.200. The molecule has 0 unspecified atom stereocenters. The quantitative estimate of drug-likeness (QED) is 0.208. The van der Waals surface area contributed by atoms with Crippen molar-refractivity contribution in [3.8, 4) is 0 Å². The molecule has 2 amide bonds. The summed E-state index contributed by atoms with van der Waals surface area (Å²) < 4.78 is 13.6. The number of amides is 2. The third-order valence-electron chi connectivity index (χ3n) is 7.37. The zero-order valence-electron chi connectivity index (χ0n) is 23.4. The summed E-state index contributed by atoms with van der Waals surface area (Å²) >= 11 is 0. The highest BCUT2D eigenvalue weighted by molar-refractivity contribution is 5.96. The van der Waals surface area contributed by atoms with E-state index < -0.39 is 0 Å². The molecule has 0 radical (unpaired) electrons. The number of aromatic amines is 1. The summed E-state index contributed by atoms with van der Waals surface area (Å²) in [7, 11) is 0. The van der Waals surface area contributed by atoms with Gasteiger partial charge in [-0.2, -0.15) is 0 Å². The number of nitrogens with zero attached hydrogens (tertiary/aromatic N) is 2. The highest BCUT2D eigenvalue weighted by Crippen LogP contribution is 2.20. The van der Waals surface area contributed by atoms with Crippen LogP contribution in [0, 0.1) is 19.7 Å². The van der Waals surface area contributed by atoms with Crippen molar-refractivity contribution in [3.63, 3.8) is 0 Å². The molecule has 0 aliphatic rings. The summed E-state index contributed by atoms with van der Waals surface area (Å²) in [5.41, 5.74) is 6.69. The molecule has 0 spiro atoms. The maximum Gasteiger partial charge on any atom is 0.254 e. The summed E-state index contributed by atoms with van der Waals surface area (Å²) in [5, 5.41) is 1.14. The van der Waals surface area contributed by atoms with E-state index in [1.807, 2.05) is 79.5 Å². The molecule has 5 rings (SSSR count). The summed E-state index contributed by atoms with van der Waals surface area (Å²) in [6.07, 6.45) is 2.67. The number of nitrogens with one attached hydrogen (secondary N) is 1. The van der Waals surface area contributed by atoms with Crippen LogP contribution in [0.15, 0.2) is 103 Å². The molecule has 0 saturated heterocycles. The molecule has 0 fully saturated rings. The van der Waals surface area contributed by atoms with Gasteiger partial charge in [0.25, 0.3) is 5.91 Å². The standard InChI is InChI=1S/C35H34FN3O2/c1-25-7-11-27(12-8-25)22-38(20-19-30-21-37-33-6-4-3-5-32(30)33)34(40)24-39(23-28-13-17-31(36)18-14-28)35(41)29-15-9-26(2)10-16-29/h3-18,21,37H,19-20,22-24H2,1-2H3. The Morgan fingerprint density at radius 3 is 2.00 bits per heavy atom. The Balaban J connectivity index is 1.40. The normalized spacial score (nSPS) is 11.0. The van der Waals surface area contributed by atoms with E-state index in [-0.39, 0.29) is 30.7 Å². The predicted octanol–water partition coefficient (Wildman–Crippen LogP) is 6.84. The SMILES string of the molecule is Cc1ccc(CN(CCc2c[nH]c3ccccc23)C(=O)CN(Cc2ccc(F)cc2)C(=O)c2ccc(C)cc2)cc1. The second-order valence-corrected chi connectivity index (χ2v) is 10.6. The topological polar surface area (TPSA) is 56.4 Å². The molecule has 0 atom stereocenters. The highest BCUT2D eigenvalue weighted by Gasteiger charge is 2.23. The summed E-state index contributed by atoms with van der Waals surface area (Å²) in [5.74, 6) is -0.731. The Morgan fingerprint density at radius 1 is 0.732 bits per heavy atom. The van der Waals surface area contributed by atoms with Gasteiger partial charge in [0.2, 0.25) is 5.91 Å². The van der Waals surface area contributed by atoms with E-state index in [0.29, 0.717) is 25.1 Å². The van der Waals surface area contributed by atoms with Crippen LogP contribution in [0.5, 0.6) is 0 Å². The number of fused-ring (bicyclic) bond motifs is 1. The van der Waals surface area contributed by atoms with E-state index in [0.717, 1.165) is 38.7 Å². The number of benzene rings is 4. The van der Waals surface area contributed by atoms with E-state index in [1.54, 1.807) is 29.2 Å². The van der Waals surface area contributed by atoms with Crippen molar-refractivity contribution in [3.05, 3.63) is 142 Å². The van der Waals surface area contributed by atoms with Crippen LogP contribution in [-0.4, -0.2) is 39.7 Å². The van der Waals surface area contributed by atoms with Crippen LogP contribution >= 0.6 is 0 Å². The molecular weight excluding hydrogens is 513 g/mol. The van der Waals surface area contributed by atoms with Gasteiger partial charge in [0.1, 0.15) is 12.4 Å². The minimum absolute atomic E-state index is 0.0934. The number of hydrogen-bond acceptors (Lipinski definition) is 2. The van der Waals surface area contributed by atoms with Gasteiger partial charge in [-0.25, -0.2) is 4.39 Å². The minimum Gasteiger partial charge on any atom is -0.361 e. The van der Waals surface area contributed by atoms with Gasteiger partial charge >= 0.3 is 0 Å². The van der Waals surface area contributed by atoms with Gasteiger partial charge in [-0.05, 0) is 67.3 Å². The van der Waals surface area contributed by atoms with Gasteiger partial charge in [0.15, 0.2) is 0 Å². The first-order chi connectivity index (χ1) is 19.9. The molecule has 5 nitrogen and oxygen atoms in total. The smallest absolute Gasteiger partial charge is 0.254 e. The van der Waals surface area contributed by atoms with Gasteiger partial charge in [0.05, 0.1) is 0 Å². The fourth-order valence-electron chi connectivity index (χ4n) is 4.95. The van der Waals surface area contributed by atoms with Crippen LogP contribution in [0.1, 0.15) is 38.2 Å². The monoisotopic (exact) mass is 547 g/mol. The third-order valence-corrected chi connectivity index (χ3v) is 7.37. The van der Waals surface area contributed by atoms with E-state index in [1.165, 1.54) is 12.1 Å². The second-order valence-electron chi connectivity index (χ2n) is 10.6. The molecule has 0 aliphatic heterocycles. The average molecular weight is 548 g/mol. The maximum atomic E-state index is 13.9. The lowest BCUT2D eigenvalue weighted by Crippen LogP contribution is -2.43. The van der Waals surface area contributed by atoms with Crippen LogP contribution in [0.2, 0.25) is 0 Å². The first kappa shape index (κ1) is 27.8.